The zero-order valence-corrected chi connectivity index (χ0v) is 15.1. The number of piperidine rings is 1. The maximum atomic E-state index is 5.69. The van der Waals surface area contributed by atoms with Crippen LogP contribution in [0.15, 0.2) is 48.5 Å². The summed E-state index contributed by atoms with van der Waals surface area (Å²) >= 11 is 0. The Balaban J connectivity index is 1.94. The third-order valence-electron chi connectivity index (χ3n) is 5.65. The monoisotopic (exact) mass is 322 g/mol. The van der Waals surface area contributed by atoms with E-state index in [0.717, 1.165) is 32.6 Å². The third kappa shape index (κ3) is 3.40. The lowest BCUT2D eigenvalue weighted by atomic mass is 9.67. The molecule has 128 valence electrons. The van der Waals surface area contributed by atoms with Crippen LogP contribution >= 0.6 is 0 Å². The molecule has 0 aliphatic carbocycles. The average Bonchev–Trinajstić information content (AvgIpc) is 2.61. The van der Waals surface area contributed by atoms with Gasteiger partial charge in [-0.25, -0.2) is 0 Å². The first-order valence-electron chi connectivity index (χ1n) is 9.21. The van der Waals surface area contributed by atoms with Gasteiger partial charge in [-0.2, -0.15) is 0 Å². The van der Waals surface area contributed by atoms with E-state index in [1.165, 1.54) is 35.1 Å². The van der Waals surface area contributed by atoms with Crippen molar-refractivity contribution in [2.75, 3.05) is 26.2 Å². The summed E-state index contributed by atoms with van der Waals surface area (Å²) in [7, 11) is 0. The lowest BCUT2D eigenvalue weighted by Crippen LogP contribution is -2.44. The lowest BCUT2D eigenvalue weighted by Gasteiger charge is -2.43. The van der Waals surface area contributed by atoms with Gasteiger partial charge in [0.2, 0.25) is 0 Å². The Bertz CT molecular complexity index is 652. The molecule has 1 heterocycles. The maximum absolute atomic E-state index is 5.69. The summed E-state index contributed by atoms with van der Waals surface area (Å²) in [6.07, 6.45) is 3.47. The van der Waals surface area contributed by atoms with Gasteiger partial charge in [0.05, 0.1) is 0 Å². The fraction of sp³-hybridized carbons (Fsp3) is 0.455. The largest absolute Gasteiger partial charge is 0.330 e. The molecule has 1 aliphatic rings. The first-order valence-corrected chi connectivity index (χ1v) is 9.21. The van der Waals surface area contributed by atoms with Crippen LogP contribution in [0.1, 0.15) is 41.5 Å². The molecule has 2 heteroatoms. The average molecular weight is 322 g/mol. The molecule has 0 bridgehead atoms. The molecular formula is C22H30N2. The summed E-state index contributed by atoms with van der Waals surface area (Å²) in [6.45, 7) is 8.65. The summed E-state index contributed by atoms with van der Waals surface area (Å²) in [5, 5.41) is 0. The Morgan fingerprint density at radius 2 is 1.62 bits per heavy atom. The van der Waals surface area contributed by atoms with Crippen molar-refractivity contribution in [2.24, 2.45) is 5.73 Å². The minimum atomic E-state index is 0.151. The Labute approximate surface area is 146 Å². The van der Waals surface area contributed by atoms with Gasteiger partial charge in [0.1, 0.15) is 0 Å². The second-order valence-corrected chi connectivity index (χ2v) is 7.25. The van der Waals surface area contributed by atoms with E-state index in [2.05, 4.69) is 67.3 Å². The second-order valence-electron chi connectivity index (χ2n) is 7.25. The molecule has 1 fully saturated rings. The molecule has 2 nitrogen and oxygen atoms in total. The Morgan fingerprint density at radius 3 is 2.25 bits per heavy atom. The molecule has 1 saturated heterocycles. The van der Waals surface area contributed by atoms with E-state index in [0.29, 0.717) is 0 Å². The van der Waals surface area contributed by atoms with Crippen molar-refractivity contribution in [1.82, 2.24) is 4.90 Å². The van der Waals surface area contributed by atoms with E-state index in [-0.39, 0.29) is 5.41 Å². The number of benzene rings is 2. The van der Waals surface area contributed by atoms with Crippen LogP contribution in [-0.4, -0.2) is 31.1 Å². The summed E-state index contributed by atoms with van der Waals surface area (Å²) in [6, 6.07) is 18.1. The molecule has 0 aromatic heterocycles. The standard InChI is InChI=1S/C22H30N2/c1-18-8-10-20(11-9-18)22(21-7-4-3-6-19(21)2)12-16-24(17-13-22)15-5-14-23/h3-4,6-11H,5,12-17,23H2,1-2H3. The molecular weight excluding hydrogens is 292 g/mol. The van der Waals surface area contributed by atoms with Gasteiger partial charge in [0, 0.05) is 5.41 Å². The van der Waals surface area contributed by atoms with Gasteiger partial charge in [-0.15, -0.1) is 0 Å². The van der Waals surface area contributed by atoms with Crippen LogP contribution in [0.4, 0.5) is 0 Å². The predicted octanol–water partition coefficient (Wildman–Crippen LogP) is 4.03. The molecule has 0 radical (unpaired) electrons. The van der Waals surface area contributed by atoms with Gasteiger partial charge in [0.25, 0.3) is 0 Å². The van der Waals surface area contributed by atoms with Gasteiger partial charge >= 0.3 is 0 Å². The summed E-state index contributed by atoms with van der Waals surface area (Å²) in [5.74, 6) is 0. The van der Waals surface area contributed by atoms with Crippen LogP contribution in [-0.2, 0) is 5.41 Å². The highest BCUT2D eigenvalue weighted by Crippen LogP contribution is 2.43. The fourth-order valence-corrected chi connectivity index (χ4v) is 4.17. The van der Waals surface area contributed by atoms with Crippen molar-refractivity contribution in [3.05, 3.63) is 70.8 Å². The maximum Gasteiger partial charge on any atom is 0.0229 e. The Hall–Kier alpha value is -1.64. The van der Waals surface area contributed by atoms with Crippen LogP contribution in [0.3, 0.4) is 0 Å². The van der Waals surface area contributed by atoms with Crippen LogP contribution in [0.2, 0.25) is 0 Å². The van der Waals surface area contributed by atoms with E-state index < -0.39 is 0 Å². The lowest BCUT2D eigenvalue weighted by molar-refractivity contribution is 0.178. The zero-order valence-electron chi connectivity index (χ0n) is 15.1. The highest BCUT2D eigenvalue weighted by atomic mass is 15.1. The number of hydrogen-bond acceptors (Lipinski definition) is 2. The van der Waals surface area contributed by atoms with Crippen LogP contribution in [0.5, 0.6) is 0 Å². The smallest absolute Gasteiger partial charge is 0.0229 e. The van der Waals surface area contributed by atoms with Gasteiger partial charge in [0.15, 0.2) is 0 Å². The number of nitrogens with two attached hydrogens (primary N) is 1. The highest BCUT2D eigenvalue weighted by molar-refractivity contribution is 5.44. The zero-order chi connectivity index (χ0) is 17.0. The molecule has 2 N–H and O–H groups in total. The summed E-state index contributed by atoms with van der Waals surface area (Å²) in [4.78, 5) is 2.58. The van der Waals surface area contributed by atoms with E-state index in [9.17, 15) is 0 Å². The quantitative estimate of drug-likeness (QED) is 0.900. The highest BCUT2D eigenvalue weighted by Gasteiger charge is 2.38. The normalized spacial score (nSPS) is 17.8. The number of hydrogen-bond donors (Lipinski definition) is 1. The topological polar surface area (TPSA) is 29.3 Å². The van der Waals surface area contributed by atoms with E-state index >= 15 is 0 Å². The predicted molar refractivity (Wildman–Crippen MR) is 102 cm³/mol. The van der Waals surface area contributed by atoms with Gasteiger partial charge in [-0.3, -0.25) is 0 Å². The van der Waals surface area contributed by atoms with E-state index in [1.54, 1.807) is 0 Å². The molecule has 1 aliphatic heterocycles. The molecule has 0 amide bonds. The molecule has 0 spiro atoms. The van der Waals surface area contributed by atoms with Gasteiger partial charge < -0.3 is 10.6 Å². The van der Waals surface area contributed by atoms with Crippen molar-refractivity contribution in [2.45, 2.75) is 38.5 Å². The van der Waals surface area contributed by atoms with Crippen LogP contribution in [0.25, 0.3) is 0 Å². The van der Waals surface area contributed by atoms with Crippen molar-refractivity contribution < 1.29 is 0 Å². The Morgan fingerprint density at radius 1 is 0.958 bits per heavy atom. The number of rotatable bonds is 5. The molecule has 0 unspecified atom stereocenters. The summed E-state index contributed by atoms with van der Waals surface area (Å²) < 4.78 is 0. The van der Waals surface area contributed by atoms with Crippen molar-refractivity contribution in [1.29, 1.82) is 0 Å². The Kier molecular flexibility index (Phi) is 5.37. The van der Waals surface area contributed by atoms with Gasteiger partial charge in [-0.05, 0) is 76.0 Å². The SMILES string of the molecule is Cc1ccc(C2(c3ccccc3C)CCN(CCCN)CC2)cc1. The van der Waals surface area contributed by atoms with Gasteiger partial charge in [-0.1, -0.05) is 54.1 Å². The number of aryl methyl sites for hydroxylation is 2. The van der Waals surface area contributed by atoms with Crippen molar-refractivity contribution in [3.63, 3.8) is 0 Å². The first kappa shape index (κ1) is 17.2. The van der Waals surface area contributed by atoms with E-state index in [4.69, 9.17) is 5.73 Å². The molecule has 24 heavy (non-hydrogen) atoms. The van der Waals surface area contributed by atoms with Crippen LogP contribution < -0.4 is 5.73 Å². The van der Waals surface area contributed by atoms with Crippen molar-refractivity contribution in [3.8, 4) is 0 Å². The first-order chi connectivity index (χ1) is 11.7. The summed E-state index contributed by atoms with van der Waals surface area (Å²) in [5.41, 5.74) is 11.6. The van der Waals surface area contributed by atoms with E-state index in [1.807, 2.05) is 0 Å². The molecule has 0 saturated carbocycles. The van der Waals surface area contributed by atoms with Crippen LogP contribution in [0, 0.1) is 13.8 Å². The second kappa shape index (κ2) is 7.50. The van der Waals surface area contributed by atoms with Crippen molar-refractivity contribution >= 4 is 0 Å². The molecule has 2 aromatic rings. The minimum absolute atomic E-state index is 0.151. The molecule has 3 rings (SSSR count). The minimum Gasteiger partial charge on any atom is -0.330 e. The number of likely N-dealkylation sites (tertiary alicyclic amines) is 1. The molecule has 2 aromatic carbocycles. The third-order valence-corrected chi connectivity index (χ3v) is 5.65. The molecule has 0 atom stereocenters. The fourth-order valence-electron chi connectivity index (χ4n) is 4.17. The number of nitrogens with zero attached hydrogens (tertiary/aromatic N) is 1.